The Morgan fingerprint density at radius 2 is 1.82 bits per heavy atom. The number of hydrogen-bond acceptors (Lipinski definition) is 1. The van der Waals surface area contributed by atoms with Crippen LogP contribution in [0.15, 0.2) is 30.3 Å². The van der Waals surface area contributed by atoms with Crippen LogP contribution in [0.5, 0.6) is 0 Å². The third-order valence-corrected chi connectivity index (χ3v) is 3.46. The van der Waals surface area contributed by atoms with Crippen LogP contribution in [-0.2, 0) is 6.42 Å². The monoisotopic (exact) mass is 285 g/mol. The summed E-state index contributed by atoms with van der Waals surface area (Å²) in [5, 5.41) is 1.15. The van der Waals surface area contributed by atoms with Gasteiger partial charge in [-0.05, 0) is 24.1 Å². The smallest absolute Gasteiger partial charge is 0.148 e. The number of nitrogens with zero attached hydrogens (tertiary/aromatic N) is 1. The van der Waals surface area contributed by atoms with Crippen LogP contribution in [-0.4, -0.2) is 4.98 Å². The SMILES string of the molecule is CCc1cccc(-c2nc(Cl)c(Cl)cc2Cl)c1. The van der Waals surface area contributed by atoms with Crippen LogP contribution in [0, 0.1) is 0 Å². The predicted molar refractivity (Wildman–Crippen MR) is 74.1 cm³/mol. The van der Waals surface area contributed by atoms with Crippen molar-refractivity contribution in [3.8, 4) is 11.3 Å². The van der Waals surface area contributed by atoms with Crippen LogP contribution in [0.4, 0.5) is 0 Å². The Bertz CT molecular complexity index is 552. The first-order valence-corrected chi connectivity index (χ1v) is 6.36. The number of pyridine rings is 1. The second kappa shape index (κ2) is 5.26. The fraction of sp³-hybridized carbons (Fsp3) is 0.154. The molecule has 2 rings (SSSR count). The number of hydrogen-bond donors (Lipinski definition) is 0. The maximum absolute atomic E-state index is 6.13. The molecule has 0 fully saturated rings. The van der Waals surface area contributed by atoms with E-state index in [2.05, 4.69) is 24.0 Å². The van der Waals surface area contributed by atoms with Gasteiger partial charge in [0.2, 0.25) is 0 Å². The molecule has 1 nitrogen and oxygen atoms in total. The Balaban J connectivity index is 2.56. The standard InChI is InChI=1S/C13H10Cl3N/c1-2-8-4-3-5-9(6-8)12-10(14)7-11(15)13(16)17-12/h3-7H,2H2,1H3. The van der Waals surface area contributed by atoms with Gasteiger partial charge in [0.1, 0.15) is 5.15 Å². The first kappa shape index (κ1) is 12.7. The summed E-state index contributed by atoms with van der Waals surface area (Å²) in [4.78, 5) is 4.22. The quantitative estimate of drug-likeness (QED) is 0.685. The molecule has 1 aromatic carbocycles. The van der Waals surface area contributed by atoms with Gasteiger partial charge in [0, 0.05) is 5.56 Å². The highest BCUT2D eigenvalue weighted by Crippen LogP contribution is 2.32. The zero-order chi connectivity index (χ0) is 12.4. The predicted octanol–water partition coefficient (Wildman–Crippen LogP) is 5.27. The molecule has 0 unspecified atom stereocenters. The fourth-order valence-corrected chi connectivity index (χ4v) is 2.19. The van der Waals surface area contributed by atoms with E-state index in [1.165, 1.54) is 5.56 Å². The molecule has 1 aromatic heterocycles. The van der Waals surface area contributed by atoms with Crippen LogP contribution in [0.25, 0.3) is 11.3 Å². The van der Waals surface area contributed by atoms with Crippen molar-refractivity contribution in [2.24, 2.45) is 0 Å². The molecule has 0 bridgehead atoms. The van der Waals surface area contributed by atoms with Gasteiger partial charge in [-0.25, -0.2) is 4.98 Å². The maximum atomic E-state index is 6.13. The van der Waals surface area contributed by atoms with E-state index in [-0.39, 0.29) is 5.15 Å². The largest absolute Gasteiger partial charge is 0.233 e. The molecular formula is C13H10Cl3N. The molecule has 0 N–H and O–H groups in total. The van der Waals surface area contributed by atoms with Gasteiger partial charge in [0.05, 0.1) is 15.7 Å². The van der Waals surface area contributed by atoms with Crippen molar-refractivity contribution in [1.82, 2.24) is 4.98 Å². The minimum Gasteiger partial charge on any atom is -0.233 e. The van der Waals surface area contributed by atoms with Crippen molar-refractivity contribution >= 4 is 34.8 Å². The lowest BCUT2D eigenvalue weighted by Crippen LogP contribution is -1.89. The average Bonchev–Trinajstić information content (AvgIpc) is 2.34. The molecule has 0 aliphatic heterocycles. The van der Waals surface area contributed by atoms with E-state index in [0.717, 1.165) is 12.0 Å². The van der Waals surface area contributed by atoms with E-state index in [4.69, 9.17) is 34.8 Å². The molecule has 0 spiro atoms. The van der Waals surface area contributed by atoms with E-state index in [1.54, 1.807) is 6.07 Å². The molecule has 0 saturated heterocycles. The highest BCUT2D eigenvalue weighted by atomic mass is 35.5. The molecule has 0 saturated carbocycles. The van der Waals surface area contributed by atoms with E-state index >= 15 is 0 Å². The van der Waals surface area contributed by atoms with E-state index in [0.29, 0.717) is 15.7 Å². The topological polar surface area (TPSA) is 12.9 Å². The lowest BCUT2D eigenvalue weighted by atomic mass is 10.1. The summed E-state index contributed by atoms with van der Waals surface area (Å²) in [7, 11) is 0. The van der Waals surface area contributed by atoms with Crippen LogP contribution in [0.2, 0.25) is 15.2 Å². The number of aromatic nitrogens is 1. The summed E-state index contributed by atoms with van der Waals surface area (Å²) >= 11 is 17.9. The summed E-state index contributed by atoms with van der Waals surface area (Å²) in [5.74, 6) is 0. The van der Waals surface area contributed by atoms with Gasteiger partial charge >= 0.3 is 0 Å². The Hall–Kier alpha value is -0.760. The van der Waals surface area contributed by atoms with E-state index in [1.807, 2.05) is 12.1 Å². The van der Waals surface area contributed by atoms with Crippen LogP contribution in [0.1, 0.15) is 12.5 Å². The average molecular weight is 287 g/mol. The first-order valence-electron chi connectivity index (χ1n) is 5.22. The highest BCUT2D eigenvalue weighted by Gasteiger charge is 2.10. The molecule has 0 amide bonds. The molecule has 2 aromatic rings. The Kier molecular flexibility index (Phi) is 3.93. The van der Waals surface area contributed by atoms with Crippen molar-refractivity contribution in [2.75, 3.05) is 0 Å². The summed E-state index contributed by atoms with van der Waals surface area (Å²) in [6, 6.07) is 9.67. The molecular weight excluding hydrogens is 277 g/mol. The Morgan fingerprint density at radius 3 is 2.53 bits per heavy atom. The van der Waals surface area contributed by atoms with Crippen molar-refractivity contribution < 1.29 is 0 Å². The number of benzene rings is 1. The minimum absolute atomic E-state index is 0.271. The number of aryl methyl sites for hydroxylation is 1. The zero-order valence-corrected chi connectivity index (χ0v) is 11.4. The van der Waals surface area contributed by atoms with E-state index < -0.39 is 0 Å². The zero-order valence-electron chi connectivity index (χ0n) is 9.17. The second-order valence-corrected chi connectivity index (χ2v) is 4.82. The van der Waals surface area contributed by atoms with Crippen LogP contribution in [0.3, 0.4) is 0 Å². The van der Waals surface area contributed by atoms with Gasteiger partial charge in [-0.3, -0.25) is 0 Å². The first-order chi connectivity index (χ1) is 8.11. The Labute approximate surface area is 115 Å². The molecule has 0 aliphatic carbocycles. The number of rotatable bonds is 2. The molecule has 88 valence electrons. The fourth-order valence-electron chi connectivity index (χ4n) is 1.59. The highest BCUT2D eigenvalue weighted by molar-refractivity contribution is 6.42. The van der Waals surface area contributed by atoms with Crippen molar-refractivity contribution in [3.05, 3.63) is 51.1 Å². The number of halogens is 3. The molecule has 1 heterocycles. The third-order valence-electron chi connectivity index (χ3n) is 2.50. The molecule has 17 heavy (non-hydrogen) atoms. The van der Waals surface area contributed by atoms with Gasteiger partial charge in [0.15, 0.2) is 0 Å². The molecule has 0 aliphatic rings. The lowest BCUT2D eigenvalue weighted by Gasteiger charge is -2.07. The normalized spacial score (nSPS) is 10.6. The summed E-state index contributed by atoms with van der Waals surface area (Å²) < 4.78 is 0. The van der Waals surface area contributed by atoms with Gasteiger partial charge in [-0.15, -0.1) is 0 Å². The van der Waals surface area contributed by atoms with Crippen LogP contribution < -0.4 is 0 Å². The molecule has 0 radical (unpaired) electrons. The van der Waals surface area contributed by atoms with Gasteiger partial charge in [-0.2, -0.15) is 0 Å². The van der Waals surface area contributed by atoms with Crippen molar-refractivity contribution in [2.45, 2.75) is 13.3 Å². The summed E-state index contributed by atoms with van der Waals surface area (Å²) in [6.07, 6.45) is 0.965. The summed E-state index contributed by atoms with van der Waals surface area (Å²) in [5.41, 5.74) is 2.84. The third kappa shape index (κ3) is 2.74. The van der Waals surface area contributed by atoms with E-state index in [9.17, 15) is 0 Å². The minimum atomic E-state index is 0.271. The van der Waals surface area contributed by atoms with Crippen LogP contribution >= 0.6 is 34.8 Å². The van der Waals surface area contributed by atoms with Gasteiger partial charge in [0.25, 0.3) is 0 Å². The van der Waals surface area contributed by atoms with Crippen molar-refractivity contribution in [3.63, 3.8) is 0 Å². The molecule has 4 heteroatoms. The Morgan fingerprint density at radius 1 is 1.06 bits per heavy atom. The summed E-state index contributed by atoms with van der Waals surface area (Å²) in [6.45, 7) is 2.10. The maximum Gasteiger partial charge on any atom is 0.148 e. The lowest BCUT2D eigenvalue weighted by molar-refractivity contribution is 1.14. The van der Waals surface area contributed by atoms with Gasteiger partial charge in [-0.1, -0.05) is 59.9 Å². The van der Waals surface area contributed by atoms with Gasteiger partial charge < -0.3 is 0 Å². The van der Waals surface area contributed by atoms with Crippen molar-refractivity contribution in [1.29, 1.82) is 0 Å². The second-order valence-electron chi connectivity index (χ2n) is 3.65. The molecule has 0 atom stereocenters.